The summed E-state index contributed by atoms with van der Waals surface area (Å²) in [6, 6.07) is 0. The third-order valence-corrected chi connectivity index (χ3v) is 2.22. The molecule has 82 valence electrons. The Morgan fingerprint density at radius 3 is 2.29 bits per heavy atom. The number of hydrogen-bond acceptors (Lipinski definition) is 3. The van der Waals surface area contributed by atoms with Gasteiger partial charge in [-0.3, -0.25) is 0 Å². The van der Waals surface area contributed by atoms with Crippen LogP contribution >= 0.6 is 0 Å². The lowest BCUT2D eigenvalue weighted by molar-refractivity contribution is -0.0509. The molecule has 0 radical (unpaired) electrons. The van der Waals surface area contributed by atoms with Crippen LogP contribution < -0.4 is 0 Å². The molecule has 14 heavy (non-hydrogen) atoms. The minimum absolute atomic E-state index is 0.210. The molecule has 0 aromatic carbocycles. The van der Waals surface area contributed by atoms with Crippen LogP contribution in [0.2, 0.25) is 0 Å². The van der Waals surface area contributed by atoms with Crippen LogP contribution in [-0.2, 0) is 14.3 Å². The van der Waals surface area contributed by atoms with Crippen molar-refractivity contribution in [1.82, 2.24) is 0 Å². The smallest absolute Gasteiger partial charge is 0.321 e. The molecule has 0 N–H and O–H groups in total. The topological polar surface area (TPSA) is 43.4 Å². The first-order valence-electron chi connectivity index (χ1n) is 3.71. The van der Waals surface area contributed by atoms with Gasteiger partial charge in [-0.05, 0) is 6.42 Å². The molecule has 0 amide bonds. The van der Waals surface area contributed by atoms with Gasteiger partial charge in [0.25, 0.3) is 0 Å². The van der Waals surface area contributed by atoms with Crippen LogP contribution in [0.25, 0.3) is 0 Å². The van der Waals surface area contributed by atoms with Crippen LogP contribution in [0.5, 0.6) is 0 Å². The van der Waals surface area contributed by atoms with Crippen molar-refractivity contribution in [3.05, 3.63) is 0 Å². The average Bonchev–Trinajstić information content (AvgIpc) is 2.01. The highest BCUT2D eigenvalue weighted by atomic mass is 32.2. The van der Waals surface area contributed by atoms with Crippen molar-refractivity contribution in [3.63, 3.8) is 0 Å². The first-order valence-corrected chi connectivity index (χ1v) is 5.11. The maximum absolute atomic E-state index is 11.7. The molecule has 0 fully saturated rings. The monoisotopic (exact) mass is 230 g/mol. The molecule has 0 saturated carbocycles. The van der Waals surface area contributed by atoms with Gasteiger partial charge in [0, 0.05) is 5.92 Å². The summed E-state index contributed by atoms with van der Waals surface area (Å²) in [7, 11) is -5.58. The van der Waals surface area contributed by atoms with Crippen molar-refractivity contribution < 1.29 is 25.8 Å². The lowest BCUT2D eigenvalue weighted by Crippen LogP contribution is -2.23. The molecule has 0 aromatic rings. The summed E-state index contributed by atoms with van der Waals surface area (Å²) >= 11 is 0. The Morgan fingerprint density at radius 1 is 1.43 bits per heavy atom. The Hall–Kier alpha value is -0.900. The summed E-state index contributed by atoms with van der Waals surface area (Å²) in [6.45, 7) is 3.40. The third kappa shape index (κ3) is 3.87. The molecular formula is C7H9F3O3S. The van der Waals surface area contributed by atoms with Gasteiger partial charge in [0.2, 0.25) is 0 Å². The van der Waals surface area contributed by atoms with Gasteiger partial charge in [0.1, 0.15) is 6.11 Å². The zero-order chi connectivity index (χ0) is 11.4. The summed E-state index contributed by atoms with van der Waals surface area (Å²) in [5.41, 5.74) is -5.42. The Balaban J connectivity index is 4.47. The highest BCUT2D eigenvalue weighted by Gasteiger charge is 2.48. The Kier molecular flexibility index (Phi) is 4.26. The fourth-order valence-corrected chi connectivity index (χ4v) is 0.581. The summed E-state index contributed by atoms with van der Waals surface area (Å²) in [5.74, 6) is 2.00. The lowest BCUT2D eigenvalue weighted by Gasteiger charge is -2.03. The van der Waals surface area contributed by atoms with Crippen LogP contribution in [0, 0.1) is 17.9 Å². The summed E-state index contributed by atoms with van der Waals surface area (Å²) in [6.07, 6.45) is 2.12. The van der Waals surface area contributed by atoms with E-state index in [9.17, 15) is 21.6 Å². The molecule has 0 heterocycles. The summed E-state index contributed by atoms with van der Waals surface area (Å²) in [5, 5.41) is 0. The van der Waals surface area contributed by atoms with Gasteiger partial charge < -0.3 is 4.18 Å². The van der Waals surface area contributed by atoms with E-state index < -0.39 is 15.6 Å². The van der Waals surface area contributed by atoms with Gasteiger partial charge in [-0.25, -0.2) is 0 Å². The second-order valence-electron chi connectivity index (χ2n) is 2.54. The molecule has 0 bridgehead atoms. The van der Waals surface area contributed by atoms with Crippen molar-refractivity contribution in [3.8, 4) is 12.0 Å². The predicted molar refractivity (Wildman–Crippen MR) is 43.3 cm³/mol. The van der Waals surface area contributed by atoms with Crippen molar-refractivity contribution in [2.75, 3.05) is 0 Å². The van der Waals surface area contributed by atoms with Crippen LogP contribution in [0.3, 0.4) is 0 Å². The van der Waals surface area contributed by atoms with Crippen molar-refractivity contribution in [2.24, 2.45) is 5.92 Å². The van der Waals surface area contributed by atoms with Gasteiger partial charge in [0.15, 0.2) is 0 Å². The number of rotatable bonds is 2. The predicted octanol–water partition coefficient (Wildman–Crippen LogP) is 1.86. The molecule has 3 nitrogen and oxygen atoms in total. The minimum atomic E-state index is -5.58. The zero-order valence-electron chi connectivity index (χ0n) is 7.55. The van der Waals surface area contributed by atoms with E-state index in [0.717, 1.165) is 0 Å². The Bertz CT molecular complexity index is 333. The quantitative estimate of drug-likeness (QED) is 0.413. The lowest BCUT2D eigenvalue weighted by atomic mass is 10.1. The van der Waals surface area contributed by atoms with E-state index in [2.05, 4.69) is 10.1 Å². The highest BCUT2D eigenvalue weighted by molar-refractivity contribution is 7.87. The van der Waals surface area contributed by atoms with Crippen molar-refractivity contribution >= 4 is 10.1 Å². The molecule has 0 aliphatic carbocycles. The van der Waals surface area contributed by atoms with E-state index in [4.69, 9.17) is 0 Å². The fraction of sp³-hybridized carbons (Fsp3) is 0.714. The maximum Gasteiger partial charge on any atom is 0.535 e. The van der Waals surface area contributed by atoms with E-state index in [1.807, 2.05) is 0 Å². The van der Waals surface area contributed by atoms with Crippen LogP contribution in [0.15, 0.2) is 0 Å². The van der Waals surface area contributed by atoms with Gasteiger partial charge >= 0.3 is 15.6 Å². The fourth-order valence-electron chi connectivity index (χ4n) is 0.329. The second kappa shape index (κ2) is 4.55. The maximum atomic E-state index is 11.7. The zero-order valence-corrected chi connectivity index (χ0v) is 8.37. The van der Waals surface area contributed by atoms with Crippen molar-refractivity contribution in [1.29, 1.82) is 0 Å². The molecular weight excluding hydrogens is 221 g/mol. The molecule has 7 heteroatoms. The highest BCUT2D eigenvalue weighted by Crippen LogP contribution is 2.24. The summed E-state index contributed by atoms with van der Waals surface area (Å²) < 4.78 is 59.0. The van der Waals surface area contributed by atoms with Crippen molar-refractivity contribution in [2.45, 2.75) is 25.8 Å². The molecule has 0 spiro atoms. The van der Waals surface area contributed by atoms with Crippen LogP contribution in [0.4, 0.5) is 13.2 Å². The number of halogens is 3. The average molecular weight is 230 g/mol. The Labute approximate surface area is 80.4 Å². The van der Waals surface area contributed by atoms with Crippen LogP contribution in [-0.4, -0.2) is 13.9 Å². The normalized spacial score (nSPS) is 14.1. The first-order chi connectivity index (χ1) is 6.20. The molecule has 0 saturated heterocycles. The van der Waals surface area contributed by atoms with E-state index in [0.29, 0.717) is 6.42 Å². The SMILES string of the molecule is CCC(C)C#COS(=O)(=O)C(F)(F)F. The molecule has 0 aliphatic rings. The minimum Gasteiger partial charge on any atom is -0.321 e. The van der Waals surface area contributed by atoms with E-state index in [-0.39, 0.29) is 5.92 Å². The molecule has 1 unspecified atom stereocenters. The first kappa shape index (κ1) is 13.1. The van der Waals surface area contributed by atoms with Gasteiger partial charge in [-0.1, -0.05) is 19.8 Å². The molecule has 0 rings (SSSR count). The number of hydrogen-bond donors (Lipinski definition) is 0. The van der Waals surface area contributed by atoms with Gasteiger partial charge in [0.05, 0.1) is 0 Å². The second-order valence-corrected chi connectivity index (χ2v) is 4.08. The van der Waals surface area contributed by atoms with E-state index in [1.54, 1.807) is 13.8 Å². The van der Waals surface area contributed by atoms with E-state index in [1.165, 1.54) is 6.11 Å². The summed E-state index contributed by atoms with van der Waals surface area (Å²) in [4.78, 5) is 0. The standard InChI is InChI=1S/C7H9F3O3S/c1-3-6(2)4-5-13-14(11,12)7(8,9)10/h6H,3H2,1-2H3. The van der Waals surface area contributed by atoms with Crippen LogP contribution in [0.1, 0.15) is 20.3 Å². The number of alkyl halides is 3. The largest absolute Gasteiger partial charge is 0.535 e. The molecule has 1 atom stereocenters. The molecule has 0 aliphatic heterocycles. The van der Waals surface area contributed by atoms with E-state index >= 15 is 0 Å². The van der Waals surface area contributed by atoms with Gasteiger partial charge in [-0.2, -0.15) is 21.6 Å². The third-order valence-electron chi connectivity index (χ3n) is 1.35. The van der Waals surface area contributed by atoms with Gasteiger partial charge in [-0.15, -0.1) is 0 Å². The Morgan fingerprint density at radius 2 is 1.93 bits per heavy atom. The molecule has 0 aromatic heterocycles.